The molecule has 3 aromatic rings. The Balaban J connectivity index is 1.64. The third kappa shape index (κ3) is 5.26. The molecule has 0 saturated heterocycles. The summed E-state index contributed by atoms with van der Waals surface area (Å²) in [6.07, 6.45) is 0.279. The van der Waals surface area contributed by atoms with Crippen LogP contribution in [0.25, 0.3) is 11.3 Å². The highest BCUT2D eigenvalue weighted by Crippen LogP contribution is 2.26. The van der Waals surface area contributed by atoms with E-state index < -0.39 is 0 Å². The standard InChI is InChI=1S/C18H14ClN5OS2/c1-11-23-24-18(27-11)22-16(25)8-9-26-17-13(10-20)4-7-15(21-17)12-2-5-14(19)6-3-12/h2-7H,8-9H2,1H3,(H,22,24,25). The van der Waals surface area contributed by atoms with Gasteiger partial charge in [-0.25, -0.2) is 4.98 Å². The Bertz CT molecular complexity index is 998. The minimum absolute atomic E-state index is 0.147. The highest BCUT2D eigenvalue weighted by atomic mass is 35.5. The summed E-state index contributed by atoms with van der Waals surface area (Å²) < 4.78 is 0. The van der Waals surface area contributed by atoms with E-state index in [1.54, 1.807) is 24.3 Å². The maximum absolute atomic E-state index is 12.0. The van der Waals surface area contributed by atoms with E-state index in [2.05, 4.69) is 26.6 Å². The number of halogens is 1. The summed E-state index contributed by atoms with van der Waals surface area (Å²) in [5.74, 6) is 0.348. The van der Waals surface area contributed by atoms with Gasteiger partial charge in [0, 0.05) is 22.8 Å². The normalized spacial score (nSPS) is 10.4. The number of hydrogen-bond acceptors (Lipinski definition) is 7. The van der Waals surface area contributed by atoms with Crippen molar-refractivity contribution < 1.29 is 4.79 Å². The van der Waals surface area contributed by atoms with Crippen LogP contribution in [0.5, 0.6) is 0 Å². The average molecular weight is 416 g/mol. The Hall–Kier alpha value is -2.47. The van der Waals surface area contributed by atoms with E-state index in [9.17, 15) is 10.1 Å². The average Bonchev–Trinajstić information content (AvgIpc) is 3.07. The molecule has 0 aliphatic carbocycles. The first-order valence-electron chi connectivity index (χ1n) is 7.95. The SMILES string of the molecule is Cc1nnc(NC(=O)CCSc2nc(-c3ccc(Cl)cc3)ccc2C#N)s1. The molecular weight excluding hydrogens is 402 g/mol. The fourth-order valence-corrected chi connectivity index (χ4v) is 3.83. The monoisotopic (exact) mass is 415 g/mol. The number of nitriles is 1. The number of aromatic nitrogens is 3. The van der Waals surface area contributed by atoms with Crippen LogP contribution in [-0.4, -0.2) is 26.8 Å². The van der Waals surface area contributed by atoms with Crippen LogP contribution in [0.1, 0.15) is 17.0 Å². The smallest absolute Gasteiger partial charge is 0.227 e. The van der Waals surface area contributed by atoms with Crippen molar-refractivity contribution in [2.45, 2.75) is 18.4 Å². The lowest BCUT2D eigenvalue weighted by Gasteiger charge is -2.07. The molecule has 9 heteroatoms. The van der Waals surface area contributed by atoms with Gasteiger partial charge in [-0.3, -0.25) is 4.79 Å². The van der Waals surface area contributed by atoms with E-state index in [1.807, 2.05) is 19.1 Å². The lowest BCUT2D eigenvalue weighted by atomic mass is 10.1. The molecule has 1 N–H and O–H groups in total. The largest absolute Gasteiger partial charge is 0.301 e. The van der Waals surface area contributed by atoms with Gasteiger partial charge in [-0.2, -0.15) is 5.26 Å². The Kier molecular flexibility index (Phi) is 6.40. The lowest BCUT2D eigenvalue weighted by molar-refractivity contribution is -0.115. The van der Waals surface area contributed by atoms with Gasteiger partial charge in [-0.15, -0.1) is 22.0 Å². The molecule has 0 radical (unpaired) electrons. The number of nitrogens with zero attached hydrogens (tertiary/aromatic N) is 4. The highest BCUT2D eigenvalue weighted by molar-refractivity contribution is 7.99. The number of carbonyl (C=O) groups is 1. The molecule has 0 bridgehead atoms. The number of rotatable bonds is 6. The fourth-order valence-electron chi connectivity index (χ4n) is 2.19. The third-order valence-electron chi connectivity index (χ3n) is 3.46. The zero-order chi connectivity index (χ0) is 19.2. The van der Waals surface area contributed by atoms with Crippen molar-refractivity contribution in [3.05, 3.63) is 52.0 Å². The van der Waals surface area contributed by atoms with Gasteiger partial charge in [-0.1, -0.05) is 35.1 Å². The maximum Gasteiger partial charge on any atom is 0.227 e. The summed E-state index contributed by atoms with van der Waals surface area (Å²) in [6, 6.07) is 13.0. The Labute approximate surface area is 169 Å². The number of amides is 1. The second-order valence-corrected chi connectivity index (χ2v) is 8.14. The van der Waals surface area contributed by atoms with Crippen molar-refractivity contribution in [2.24, 2.45) is 0 Å². The molecule has 0 unspecified atom stereocenters. The maximum atomic E-state index is 12.0. The number of pyridine rings is 1. The lowest BCUT2D eigenvalue weighted by Crippen LogP contribution is -2.12. The molecule has 136 valence electrons. The van der Waals surface area contributed by atoms with Crippen LogP contribution in [0, 0.1) is 18.3 Å². The minimum atomic E-state index is -0.147. The summed E-state index contributed by atoms with van der Waals surface area (Å²) in [6.45, 7) is 1.83. The van der Waals surface area contributed by atoms with Crippen molar-refractivity contribution >= 4 is 45.7 Å². The molecular formula is C18H14ClN5OS2. The molecule has 0 saturated carbocycles. The van der Waals surface area contributed by atoms with Crippen LogP contribution in [0.3, 0.4) is 0 Å². The van der Waals surface area contributed by atoms with Crippen LogP contribution >= 0.6 is 34.7 Å². The number of anilines is 1. The van der Waals surface area contributed by atoms with E-state index >= 15 is 0 Å². The second kappa shape index (κ2) is 8.95. The molecule has 0 atom stereocenters. The summed E-state index contributed by atoms with van der Waals surface area (Å²) in [7, 11) is 0. The first kappa shape index (κ1) is 19.3. The van der Waals surface area contributed by atoms with Gasteiger partial charge in [0.05, 0.1) is 11.3 Å². The number of benzene rings is 1. The summed E-state index contributed by atoms with van der Waals surface area (Å²) in [4.78, 5) is 16.6. The zero-order valence-corrected chi connectivity index (χ0v) is 16.7. The molecule has 1 aromatic carbocycles. The molecule has 2 aromatic heterocycles. The summed E-state index contributed by atoms with van der Waals surface area (Å²) in [5, 5.41) is 22.3. The summed E-state index contributed by atoms with van der Waals surface area (Å²) in [5.41, 5.74) is 2.15. The van der Waals surface area contributed by atoms with Crippen molar-refractivity contribution in [1.29, 1.82) is 5.26 Å². The molecule has 0 aliphatic heterocycles. The van der Waals surface area contributed by atoms with Gasteiger partial charge < -0.3 is 5.32 Å². The number of aryl methyl sites for hydroxylation is 1. The number of thioether (sulfide) groups is 1. The van der Waals surface area contributed by atoms with Gasteiger partial charge in [0.25, 0.3) is 0 Å². The van der Waals surface area contributed by atoms with Crippen LogP contribution in [0.2, 0.25) is 5.02 Å². The zero-order valence-electron chi connectivity index (χ0n) is 14.3. The quantitative estimate of drug-likeness (QED) is 0.593. The minimum Gasteiger partial charge on any atom is -0.301 e. The number of hydrogen-bond donors (Lipinski definition) is 1. The van der Waals surface area contributed by atoms with E-state index in [-0.39, 0.29) is 12.3 Å². The molecule has 3 rings (SSSR count). The Morgan fingerprint density at radius 1 is 1.26 bits per heavy atom. The van der Waals surface area contributed by atoms with Crippen molar-refractivity contribution in [1.82, 2.24) is 15.2 Å². The first-order valence-corrected chi connectivity index (χ1v) is 10.1. The van der Waals surface area contributed by atoms with Crippen molar-refractivity contribution in [3.8, 4) is 17.3 Å². The second-order valence-electron chi connectivity index (χ2n) is 5.44. The van der Waals surface area contributed by atoms with Crippen molar-refractivity contribution in [2.75, 3.05) is 11.1 Å². The molecule has 1 amide bonds. The fraction of sp³-hybridized carbons (Fsp3) is 0.167. The predicted octanol–water partition coefficient (Wildman–Crippen LogP) is 4.55. The molecule has 0 aliphatic rings. The van der Waals surface area contributed by atoms with Gasteiger partial charge >= 0.3 is 0 Å². The van der Waals surface area contributed by atoms with Crippen LogP contribution < -0.4 is 5.32 Å². The molecule has 2 heterocycles. The number of nitrogens with one attached hydrogen (secondary N) is 1. The third-order valence-corrected chi connectivity index (χ3v) is 5.46. The molecule has 6 nitrogen and oxygen atoms in total. The Morgan fingerprint density at radius 3 is 2.70 bits per heavy atom. The molecule has 0 spiro atoms. The van der Waals surface area contributed by atoms with Gasteiger partial charge in [0.1, 0.15) is 16.1 Å². The van der Waals surface area contributed by atoms with Crippen LogP contribution in [-0.2, 0) is 4.79 Å². The molecule has 27 heavy (non-hydrogen) atoms. The van der Waals surface area contributed by atoms with Crippen molar-refractivity contribution in [3.63, 3.8) is 0 Å². The summed E-state index contributed by atoms with van der Waals surface area (Å²) >= 11 is 8.62. The predicted molar refractivity (Wildman–Crippen MR) is 108 cm³/mol. The topological polar surface area (TPSA) is 91.6 Å². The Morgan fingerprint density at radius 2 is 2.04 bits per heavy atom. The van der Waals surface area contributed by atoms with E-state index in [1.165, 1.54) is 23.1 Å². The van der Waals surface area contributed by atoms with E-state index in [0.717, 1.165) is 16.3 Å². The first-order chi connectivity index (χ1) is 13.0. The van der Waals surface area contributed by atoms with Gasteiger partial charge in [0.2, 0.25) is 11.0 Å². The van der Waals surface area contributed by atoms with Crippen LogP contribution in [0.4, 0.5) is 5.13 Å². The highest BCUT2D eigenvalue weighted by Gasteiger charge is 2.11. The van der Waals surface area contributed by atoms with E-state index in [0.29, 0.717) is 26.5 Å². The number of carbonyl (C=O) groups excluding carboxylic acids is 1. The van der Waals surface area contributed by atoms with E-state index in [4.69, 9.17) is 11.6 Å². The molecule has 0 fully saturated rings. The van der Waals surface area contributed by atoms with Gasteiger partial charge in [0.15, 0.2) is 0 Å². The van der Waals surface area contributed by atoms with Gasteiger partial charge in [-0.05, 0) is 31.2 Å². The van der Waals surface area contributed by atoms with Crippen LogP contribution in [0.15, 0.2) is 41.4 Å².